The van der Waals surface area contributed by atoms with E-state index >= 15 is 0 Å². The number of benzene rings is 1. The zero-order chi connectivity index (χ0) is 19.6. The molecule has 2 heterocycles. The number of ether oxygens (including phenoxy) is 1. The number of hydrogen-bond donors (Lipinski definition) is 2. The van der Waals surface area contributed by atoms with Crippen LogP contribution >= 0.6 is 0 Å². The van der Waals surface area contributed by atoms with Crippen molar-refractivity contribution in [3.63, 3.8) is 0 Å². The highest BCUT2D eigenvalue weighted by atomic mass is 16.5. The second-order valence-corrected chi connectivity index (χ2v) is 7.01. The van der Waals surface area contributed by atoms with E-state index in [-0.39, 0.29) is 6.10 Å². The van der Waals surface area contributed by atoms with Crippen molar-refractivity contribution in [2.75, 3.05) is 31.6 Å². The quantitative estimate of drug-likeness (QED) is 0.570. The summed E-state index contributed by atoms with van der Waals surface area (Å²) in [6, 6.07) is 16.5. The molecule has 1 atom stereocenters. The molecule has 1 aliphatic rings. The van der Waals surface area contributed by atoms with Crippen LogP contribution in [0, 0.1) is 0 Å². The first-order valence-electron chi connectivity index (χ1n) is 10.1. The molecule has 3 rings (SSSR count). The largest absolute Gasteiger partial charge is 0.489 e. The SMILES string of the molecule is CCC(CNC(=NC)NC1CCN(c2ccccn2)CC1)Oc1ccccc1. The summed E-state index contributed by atoms with van der Waals surface area (Å²) >= 11 is 0. The van der Waals surface area contributed by atoms with Gasteiger partial charge in [0.1, 0.15) is 17.7 Å². The minimum absolute atomic E-state index is 0.104. The third kappa shape index (κ3) is 5.87. The van der Waals surface area contributed by atoms with Gasteiger partial charge in [-0.2, -0.15) is 0 Å². The Labute approximate surface area is 168 Å². The molecule has 1 saturated heterocycles. The second-order valence-electron chi connectivity index (χ2n) is 7.01. The van der Waals surface area contributed by atoms with Gasteiger partial charge in [0.05, 0.1) is 6.54 Å². The zero-order valence-corrected chi connectivity index (χ0v) is 16.8. The normalized spacial score (nSPS) is 16.5. The average molecular weight is 382 g/mol. The fourth-order valence-electron chi connectivity index (χ4n) is 3.35. The molecule has 28 heavy (non-hydrogen) atoms. The maximum atomic E-state index is 6.05. The molecule has 6 nitrogen and oxygen atoms in total. The molecule has 0 saturated carbocycles. The second kappa shape index (κ2) is 10.5. The van der Waals surface area contributed by atoms with Gasteiger partial charge in [0, 0.05) is 32.4 Å². The van der Waals surface area contributed by atoms with Crippen molar-refractivity contribution < 1.29 is 4.74 Å². The Morgan fingerprint density at radius 1 is 1.18 bits per heavy atom. The number of rotatable bonds is 7. The molecule has 1 unspecified atom stereocenters. The molecule has 0 bridgehead atoms. The van der Waals surface area contributed by atoms with Gasteiger partial charge in [-0.25, -0.2) is 4.98 Å². The smallest absolute Gasteiger partial charge is 0.191 e. The van der Waals surface area contributed by atoms with Gasteiger partial charge >= 0.3 is 0 Å². The Morgan fingerprint density at radius 2 is 1.93 bits per heavy atom. The molecule has 1 fully saturated rings. The van der Waals surface area contributed by atoms with Crippen molar-refractivity contribution in [2.24, 2.45) is 4.99 Å². The lowest BCUT2D eigenvalue weighted by Crippen LogP contribution is -2.50. The minimum Gasteiger partial charge on any atom is -0.489 e. The molecular weight excluding hydrogens is 350 g/mol. The van der Waals surface area contributed by atoms with Gasteiger partial charge in [-0.3, -0.25) is 4.99 Å². The van der Waals surface area contributed by atoms with E-state index in [0.29, 0.717) is 6.04 Å². The van der Waals surface area contributed by atoms with Crippen LogP contribution in [0.1, 0.15) is 26.2 Å². The number of aromatic nitrogens is 1. The van der Waals surface area contributed by atoms with E-state index in [4.69, 9.17) is 4.74 Å². The van der Waals surface area contributed by atoms with E-state index in [9.17, 15) is 0 Å². The minimum atomic E-state index is 0.104. The molecule has 0 amide bonds. The number of piperidine rings is 1. The van der Waals surface area contributed by atoms with Crippen LogP contribution in [0.5, 0.6) is 5.75 Å². The first kappa shape index (κ1) is 20.0. The van der Waals surface area contributed by atoms with Crippen molar-refractivity contribution in [3.8, 4) is 5.75 Å². The van der Waals surface area contributed by atoms with Crippen LogP contribution in [0.2, 0.25) is 0 Å². The summed E-state index contributed by atoms with van der Waals surface area (Å²) in [5.41, 5.74) is 0. The van der Waals surface area contributed by atoms with Gasteiger partial charge in [-0.1, -0.05) is 31.2 Å². The number of anilines is 1. The number of nitrogens with one attached hydrogen (secondary N) is 2. The maximum Gasteiger partial charge on any atom is 0.191 e. The number of pyridine rings is 1. The van der Waals surface area contributed by atoms with Crippen LogP contribution in [0.25, 0.3) is 0 Å². The molecule has 2 aromatic rings. The zero-order valence-electron chi connectivity index (χ0n) is 16.8. The van der Waals surface area contributed by atoms with Gasteiger partial charge in [0.15, 0.2) is 5.96 Å². The number of hydrogen-bond acceptors (Lipinski definition) is 4. The monoisotopic (exact) mass is 381 g/mol. The van der Waals surface area contributed by atoms with Crippen molar-refractivity contribution >= 4 is 11.8 Å². The molecule has 1 aliphatic heterocycles. The summed E-state index contributed by atoms with van der Waals surface area (Å²) in [7, 11) is 1.82. The van der Waals surface area contributed by atoms with Crippen LogP contribution in [0.15, 0.2) is 59.7 Å². The van der Waals surface area contributed by atoms with Crippen LogP contribution in [0.3, 0.4) is 0 Å². The van der Waals surface area contributed by atoms with E-state index in [1.165, 1.54) is 0 Å². The van der Waals surface area contributed by atoms with Crippen LogP contribution in [-0.4, -0.2) is 49.8 Å². The molecule has 1 aromatic carbocycles. The van der Waals surface area contributed by atoms with Gasteiger partial charge in [-0.05, 0) is 43.5 Å². The van der Waals surface area contributed by atoms with E-state index in [2.05, 4.69) is 38.5 Å². The summed E-state index contributed by atoms with van der Waals surface area (Å²) in [5, 5.41) is 6.98. The summed E-state index contributed by atoms with van der Waals surface area (Å²) in [4.78, 5) is 11.2. The summed E-state index contributed by atoms with van der Waals surface area (Å²) < 4.78 is 6.05. The Kier molecular flexibility index (Phi) is 7.53. The Bertz CT molecular complexity index is 714. The standard InChI is InChI=1S/C22H31N5O/c1-3-19(28-20-9-5-4-6-10-20)17-25-22(23-2)26-18-12-15-27(16-13-18)21-11-7-8-14-24-21/h4-11,14,18-19H,3,12-13,15-17H2,1-2H3,(H2,23,25,26). The lowest BCUT2D eigenvalue weighted by atomic mass is 10.1. The van der Waals surface area contributed by atoms with Crippen molar-refractivity contribution in [2.45, 2.75) is 38.3 Å². The van der Waals surface area contributed by atoms with E-state index in [1.54, 1.807) is 0 Å². The molecule has 0 aliphatic carbocycles. The molecular formula is C22H31N5O. The molecule has 150 valence electrons. The van der Waals surface area contributed by atoms with Gasteiger partial charge in [-0.15, -0.1) is 0 Å². The maximum absolute atomic E-state index is 6.05. The molecule has 0 radical (unpaired) electrons. The first-order valence-corrected chi connectivity index (χ1v) is 10.1. The molecule has 1 aromatic heterocycles. The fourth-order valence-corrected chi connectivity index (χ4v) is 3.35. The number of aliphatic imine (C=N–C) groups is 1. The topological polar surface area (TPSA) is 61.8 Å². The van der Waals surface area contributed by atoms with Gasteiger partial charge < -0.3 is 20.3 Å². The number of nitrogens with zero attached hydrogens (tertiary/aromatic N) is 3. The van der Waals surface area contributed by atoms with Crippen LogP contribution in [0.4, 0.5) is 5.82 Å². The molecule has 0 spiro atoms. The third-order valence-corrected chi connectivity index (χ3v) is 5.03. The Balaban J connectivity index is 1.43. The molecule has 2 N–H and O–H groups in total. The van der Waals surface area contributed by atoms with Crippen molar-refractivity contribution in [1.82, 2.24) is 15.6 Å². The Morgan fingerprint density at radius 3 is 2.57 bits per heavy atom. The highest BCUT2D eigenvalue weighted by molar-refractivity contribution is 5.80. The highest BCUT2D eigenvalue weighted by Crippen LogP contribution is 2.17. The van der Waals surface area contributed by atoms with E-state index in [0.717, 1.165) is 56.4 Å². The summed E-state index contributed by atoms with van der Waals surface area (Å²) in [5.74, 6) is 2.81. The highest BCUT2D eigenvalue weighted by Gasteiger charge is 2.21. The first-order chi connectivity index (χ1) is 13.8. The van der Waals surface area contributed by atoms with Gasteiger partial charge in [0.25, 0.3) is 0 Å². The van der Waals surface area contributed by atoms with Crippen molar-refractivity contribution in [1.29, 1.82) is 0 Å². The van der Waals surface area contributed by atoms with Gasteiger partial charge in [0.2, 0.25) is 0 Å². The number of guanidine groups is 1. The van der Waals surface area contributed by atoms with E-state index < -0.39 is 0 Å². The van der Waals surface area contributed by atoms with Crippen molar-refractivity contribution in [3.05, 3.63) is 54.7 Å². The van der Waals surface area contributed by atoms with E-state index in [1.807, 2.05) is 55.7 Å². The van der Waals surface area contributed by atoms with Crippen LogP contribution < -0.4 is 20.3 Å². The molecule has 6 heteroatoms. The average Bonchev–Trinajstić information content (AvgIpc) is 2.77. The third-order valence-electron chi connectivity index (χ3n) is 5.03. The number of para-hydroxylation sites is 1. The lowest BCUT2D eigenvalue weighted by Gasteiger charge is -2.34. The predicted octanol–water partition coefficient (Wildman–Crippen LogP) is 3.07. The lowest BCUT2D eigenvalue weighted by molar-refractivity contribution is 0.199. The summed E-state index contributed by atoms with van der Waals surface area (Å²) in [6.45, 7) is 4.86. The van der Waals surface area contributed by atoms with Crippen LogP contribution in [-0.2, 0) is 0 Å². The fraction of sp³-hybridized carbons (Fsp3) is 0.455. The predicted molar refractivity (Wildman–Crippen MR) is 115 cm³/mol. The Hall–Kier alpha value is -2.76. The summed E-state index contributed by atoms with van der Waals surface area (Å²) in [6.07, 6.45) is 5.02.